The molecule has 0 bridgehead atoms. The Bertz CT molecular complexity index is 646. The lowest BCUT2D eigenvalue weighted by Crippen LogP contribution is -2.14. The van der Waals surface area contributed by atoms with Gasteiger partial charge in [-0.05, 0) is 36.4 Å². The first kappa shape index (κ1) is 16.7. The summed E-state index contributed by atoms with van der Waals surface area (Å²) in [6, 6.07) is 13.1. The summed E-state index contributed by atoms with van der Waals surface area (Å²) in [5.41, 5.74) is 0.600. The zero-order chi connectivity index (χ0) is 15.9. The molecular formula is C16H16BrNO3S. The second-order valence-electron chi connectivity index (χ2n) is 4.36. The number of rotatable bonds is 6. The summed E-state index contributed by atoms with van der Waals surface area (Å²) in [6.07, 6.45) is 0. The van der Waals surface area contributed by atoms with Crippen LogP contribution in [0.2, 0.25) is 0 Å². The van der Waals surface area contributed by atoms with Gasteiger partial charge in [-0.2, -0.15) is 0 Å². The van der Waals surface area contributed by atoms with Crippen molar-refractivity contribution in [1.82, 2.24) is 0 Å². The molecule has 1 amide bonds. The predicted molar refractivity (Wildman–Crippen MR) is 93.0 cm³/mol. The molecular weight excluding hydrogens is 366 g/mol. The molecule has 0 spiro atoms. The van der Waals surface area contributed by atoms with Crippen molar-refractivity contribution in [3.63, 3.8) is 0 Å². The fourth-order valence-corrected chi connectivity index (χ4v) is 2.74. The highest BCUT2D eigenvalue weighted by molar-refractivity contribution is 9.10. The van der Waals surface area contributed by atoms with E-state index in [9.17, 15) is 4.79 Å². The average Bonchev–Trinajstić information content (AvgIpc) is 2.54. The Morgan fingerprint density at radius 1 is 1.14 bits per heavy atom. The molecule has 0 fully saturated rings. The minimum absolute atomic E-state index is 0.0977. The number of hydrogen-bond donors (Lipinski definition) is 1. The van der Waals surface area contributed by atoms with E-state index in [0.717, 1.165) is 9.37 Å². The molecule has 22 heavy (non-hydrogen) atoms. The van der Waals surface area contributed by atoms with Gasteiger partial charge in [0, 0.05) is 15.4 Å². The van der Waals surface area contributed by atoms with Crippen molar-refractivity contribution in [3.8, 4) is 11.5 Å². The maximum atomic E-state index is 12.1. The largest absolute Gasteiger partial charge is 0.497 e. The third-order valence-electron chi connectivity index (χ3n) is 2.86. The Morgan fingerprint density at radius 2 is 1.86 bits per heavy atom. The van der Waals surface area contributed by atoms with E-state index < -0.39 is 0 Å². The van der Waals surface area contributed by atoms with Crippen LogP contribution in [0.5, 0.6) is 11.5 Å². The van der Waals surface area contributed by atoms with Crippen molar-refractivity contribution in [2.24, 2.45) is 0 Å². The number of anilines is 1. The quantitative estimate of drug-likeness (QED) is 0.761. The number of hydrogen-bond acceptors (Lipinski definition) is 4. The monoisotopic (exact) mass is 381 g/mol. The van der Waals surface area contributed by atoms with E-state index in [2.05, 4.69) is 21.2 Å². The topological polar surface area (TPSA) is 47.6 Å². The SMILES string of the molecule is COc1ccc(OC)c(NC(=O)CSc2ccc(Br)cc2)c1. The molecule has 0 aromatic heterocycles. The van der Waals surface area contributed by atoms with Crippen LogP contribution in [-0.2, 0) is 4.79 Å². The van der Waals surface area contributed by atoms with Crippen LogP contribution in [0.15, 0.2) is 51.8 Å². The summed E-state index contributed by atoms with van der Waals surface area (Å²) in [5.74, 6) is 1.49. The normalized spacial score (nSPS) is 10.1. The lowest BCUT2D eigenvalue weighted by atomic mass is 10.2. The van der Waals surface area contributed by atoms with Crippen molar-refractivity contribution in [1.29, 1.82) is 0 Å². The van der Waals surface area contributed by atoms with Gasteiger partial charge >= 0.3 is 0 Å². The minimum Gasteiger partial charge on any atom is -0.497 e. The van der Waals surface area contributed by atoms with Crippen LogP contribution in [0.3, 0.4) is 0 Å². The zero-order valence-electron chi connectivity index (χ0n) is 12.3. The third-order valence-corrected chi connectivity index (χ3v) is 4.40. The zero-order valence-corrected chi connectivity index (χ0v) is 14.7. The van der Waals surface area contributed by atoms with Gasteiger partial charge in [0.25, 0.3) is 0 Å². The van der Waals surface area contributed by atoms with Gasteiger partial charge in [-0.25, -0.2) is 0 Å². The van der Waals surface area contributed by atoms with Gasteiger partial charge in [0.05, 0.1) is 25.7 Å². The molecule has 2 rings (SSSR count). The van der Waals surface area contributed by atoms with Crippen molar-refractivity contribution in [2.45, 2.75) is 4.90 Å². The van der Waals surface area contributed by atoms with Crippen LogP contribution in [-0.4, -0.2) is 25.9 Å². The van der Waals surface area contributed by atoms with Gasteiger partial charge in [0.15, 0.2) is 0 Å². The van der Waals surface area contributed by atoms with Crippen LogP contribution in [0.25, 0.3) is 0 Å². The van der Waals surface area contributed by atoms with Crippen LogP contribution < -0.4 is 14.8 Å². The van der Waals surface area contributed by atoms with Crippen LogP contribution in [0.1, 0.15) is 0 Å². The van der Waals surface area contributed by atoms with E-state index in [4.69, 9.17) is 9.47 Å². The number of nitrogens with one attached hydrogen (secondary N) is 1. The highest BCUT2D eigenvalue weighted by atomic mass is 79.9. The number of benzene rings is 2. The number of methoxy groups -OCH3 is 2. The number of thioether (sulfide) groups is 1. The predicted octanol–water partition coefficient (Wildman–Crippen LogP) is 4.20. The van der Waals surface area contributed by atoms with E-state index in [0.29, 0.717) is 22.9 Å². The van der Waals surface area contributed by atoms with E-state index in [-0.39, 0.29) is 5.91 Å². The summed E-state index contributed by atoms with van der Waals surface area (Å²) in [4.78, 5) is 13.1. The fraction of sp³-hybridized carbons (Fsp3) is 0.188. The number of carbonyl (C=O) groups excluding carboxylic acids is 1. The molecule has 0 saturated heterocycles. The summed E-state index contributed by atoms with van der Waals surface area (Å²) >= 11 is 4.86. The highest BCUT2D eigenvalue weighted by Gasteiger charge is 2.09. The van der Waals surface area contributed by atoms with E-state index in [1.807, 2.05) is 24.3 Å². The lowest BCUT2D eigenvalue weighted by Gasteiger charge is -2.11. The Labute approximate surface area is 142 Å². The van der Waals surface area contributed by atoms with Crippen molar-refractivity contribution >= 4 is 39.3 Å². The van der Waals surface area contributed by atoms with Crippen molar-refractivity contribution in [3.05, 3.63) is 46.9 Å². The van der Waals surface area contributed by atoms with Gasteiger partial charge in [-0.3, -0.25) is 4.79 Å². The van der Waals surface area contributed by atoms with Crippen LogP contribution in [0.4, 0.5) is 5.69 Å². The second kappa shape index (κ2) is 8.10. The molecule has 4 nitrogen and oxygen atoms in total. The molecule has 0 atom stereocenters. The van der Waals surface area contributed by atoms with Gasteiger partial charge in [-0.15, -0.1) is 11.8 Å². The van der Waals surface area contributed by atoms with Gasteiger partial charge in [0.2, 0.25) is 5.91 Å². The van der Waals surface area contributed by atoms with Gasteiger partial charge in [-0.1, -0.05) is 15.9 Å². The fourth-order valence-electron chi connectivity index (χ4n) is 1.78. The first-order valence-corrected chi connectivity index (χ1v) is 8.30. The smallest absolute Gasteiger partial charge is 0.234 e. The summed E-state index contributed by atoms with van der Waals surface area (Å²) in [7, 11) is 3.14. The van der Waals surface area contributed by atoms with Crippen molar-refractivity contribution < 1.29 is 14.3 Å². The van der Waals surface area contributed by atoms with Gasteiger partial charge < -0.3 is 14.8 Å². The van der Waals surface area contributed by atoms with Crippen LogP contribution in [0, 0.1) is 0 Å². The first-order chi connectivity index (χ1) is 10.6. The van der Waals surface area contributed by atoms with E-state index >= 15 is 0 Å². The molecule has 0 saturated carbocycles. The molecule has 6 heteroatoms. The molecule has 116 valence electrons. The van der Waals surface area contributed by atoms with Crippen LogP contribution >= 0.6 is 27.7 Å². The second-order valence-corrected chi connectivity index (χ2v) is 6.32. The van der Waals surface area contributed by atoms with E-state index in [1.165, 1.54) is 11.8 Å². The Balaban J connectivity index is 1.98. The average molecular weight is 382 g/mol. The molecule has 0 unspecified atom stereocenters. The third kappa shape index (κ3) is 4.68. The summed E-state index contributed by atoms with van der Waals surface area (Å²) in [6.45, 7) is 0. The maximum absolute atomic E-state index is 12.1. The highest BCUT2D eigenvalue weighted by Crippen LogP contribution is 2.29. The maximum Gasteiger partial charge on any atom is 0.234 e. The molecule has 1 N–H and O–H groups in total. The number of halogens is 1. The summed E-state index contributed by atoms with van der Waals surface area (Å²) < 4.78 is 11.4. The lowest BCUT2D eigenvalue weighted by molar-refractivity contribution is -0.113. The Hall–Kier alpha value is -1.66. The molecule has 0 aliphatic carbocycles. The Kier molecular flexibility index (Phi) is 6.15. The molecule has 2 aromatic rings. The number of carbonyl (C=O) groups is 1. The van der Waals surface area contributed by atoms with Gasteiger partial charge in [0.1, 0.15) is 11.5 Å². The molecule has 0 heterocycles. The first-order valence-electron chi connectivity index (χ1n) is 6.52. The standard InChI is InChI=1S/C16H16BrNO3S/c1-20-12-5-8-15(21-2)14(9-12)18-16(19)10-22-13-6-3-11(17)4-7-13/h3-9H,10H2,1-2H3,(H,18,19). The van der Waals surface area contributed by atoms with E-state index in [1.54, 1.807) is 32.4 Å². The number of amides is 1. The summed E-state index contributed by atoms with van der Waals surface area (Å²) in [5, 5.41) is 2.84. The molecule has 0 aliphatic heterocycles. The minimum atomic E-state index is -0.0977. The molecule has 2 aromatic carbocycles. The molecule has 0 radical (unpaired) electrons. The molecule has 0 aliphatic rings. The number of ether oxygens (including phenoxy) is 2. The Morgan fingerprint density at radius 3 is 2.50 bits per heavy atom. The van der Waals surface area contributed by atoms with Crippen molar-refractivity contribution in [2.75, 3.05) is 25.3 Å².